The second-order valence-electron chi connectivity index (χ2n) is 6.25. The Morgan fingerprint density at radius 2 is 2.04 bits per heavy atom. The van der Waals surface area contributed by atoms with E-state index in [1.54, 1.807) is 19.2 Å². The zero-order valence-electron chi connectivity index (χ0n) is 14.2. The third kappa shape index (κ3) is 2.49. The van der Waals surface area contributed by atoms with Gasteiger partial charge in [0.25, 0.3) is 5.56 Å². The quantitative estimate of drug-likeness (QED) is 0.625. The molecule has 1 aliphatic rings. The highest BCUT2D eigenvalue weighted by atomic mass is 79.9. The Balaban J connectivity index is 2.17. The molecule has 2 heterocycles. The Hall–Kier alpha value is -3.24. The number of halogens is 1. The zero-order valence-corrected chi connectivity index (χ0v) is 15.8. The van der Waals surface area contributed by atoms with Crippen LogP contribution in [-0.2, 0) is 7.05 Å². The molecule has 0 fully saturated rings. The number of benzene rings is 2. The zero-order chi connectivity index (χ0) is 19.3. The van der Waals surface area contributed by atoms with Crippen LogP contribution in [0.5, 0.6) is 11.5 Å². The molecule has 0 amide bonds. The molecule has 0 unspecified atom stereocenters. The van der Waals surface area contributed by atoms with E-state index in [-0.39, 0.29) is 28.3 Å². The molecular weight excluding hydrogens is 410 g/mol. The van der Waals surface area contributed by atoms with E-state index in [1.165, 1.54) is 10.6 Å². The number of hydrogen-bond acceptors (Lipinski definition) is 5. The number of pyridine rings is 1. The van der Waals surface area contributed by atoms with Crippen LogP contribution in [0.15, 0.2) is 63.2 Å². The van der Waals surface area contributed by atoms with E-state index in [2.05, 4.69) is 15.9 Å². The van der Waals surface area contributed by atoms with Gasteiger partial charge in [0.2, 0.25) is 5.88 Å². The number of aromatic nitrogens is 1. The van der Waals surface area contributed by atoms with Gasteiger partial charge < -0.3 is 20.1 Å². The van der Waals surface area contributed by atoms with Crippen molar-refractivity contribution in [3.63, 3.8) is 0 Å². The SMILES string of the molecule is Cn1c(=O)c2c(c3ccccc31)OC(N)=C(C#N)[C@H]2c1cc(Br)ccc1O. The molecule has 3 aromatic rings. The first-order valence-electron chi connectivity index (χ1n) is 8.11. The van der Waals surface area contributed by atoms with Crippen molar-refractivity contribution in [2.24, 2.45) is 12.8 Å². The van der Waals surface area contributed by atoms with Crippen molar-refractivity contribution >= 4 is 26.8 Å². The number of rotatable bonds is 1. The van der Waals surface area contributed by atoms with Crippen LogP contribution in [0, 0.1) is 11.3 Å². The first-order valence-corrected chi connectivity index (χ1v) is 8.91. The van der Waals surface area contributed by atoms with Gasteiger partial charge in [0.05, 0.1) is 17.0 Å². The maximum absolute atomic E-state index is 13.2. The molecule has 2 aromatic carbocycles. The molecule has 0 saturated heterocycles. The monoisotopic (exact) mass is 423 g/mol. The Labute approximate surface area is 162 Å². The number of allylic oxidation sites excluding steroid dienone is 1. The van der Waals surface area contributed by atoms with Crippen LogP contribution in [-0.4, -0.2) is 9.67 Å². The van der Waals surface area contributed by atoms with Crippen molar-refractivity contribution in [1.29, 1.82) is 5.26 Å². The summed E-state index contributed by atoms with van der Waals surface area (Å²) in [7, 11) is 1.66. The van der Waals surface area contributed by atoms with Crippen molar-refractivity contribution < 1.29 is 9.84 Å². The van der Waals surface area contributed by atoms with Gasteiger partial charge >= 0.3 is 0 Å². The molecule has 7 heteroatoms. The highest BCUT2D eigenvalue weighted by Crippen LogP contribution is 2.45. The van der Waals surface area contributed by atoms with Crippen LogP contribution < -0.4 is 16.0 Å². The largest absolute Gasteiger partial charge is 0.508 e. The molecular formula is C20H14BrN3O3. The van der Waals surface area contributed by atoms with E-state index in [4.69, 9.17) is 10.5 Å². The van der Waals surface area contributed by atoms with Gasteiger partial charge in [-0.3, -0.25) is 4.79 Å². The third-order valence-corrected chi connectivity index (χ3v) is 5.26. The summed E-state index contributed by atoms with van der Waals surface area (Å²) in [5, 5.41) is 20.8. The number of hydrogen-bond donors (Lipinski definition) is 2. The maximum Gasteiger partial charge on any atom is 0.258 e. The Morgan fingerprint density at radius 1 is 1.30 bits per heavy atom. The number of ether oxygens (including phenoxy) is 1. The Bertz CT molecular complexity index is 1240. The molecule has 3 N–H and O–H groups in total. The van der Waals surface area contributed by atoms with Crippen molar-refractivity contribution in [3.05, 3.63) is 79.9 Å². The number of para-hydroxylation sites is 1. The molecule has 0 bridgehead atoms. The third-order valence-electron chi connectivity index (χ3n) is 4.77. The van der Waals surface area contributed by atoms with Crippen LogP contribution in [0.2, 0.25) is 0 Å². The number of fused-ring (bicyclic) bond motifs is 3. The molecule has 1 aromatic heterocycles. The summed E-state index contributed by atoms with van der Waals surface area (Å²) >= 11 is 3.38. The van der Waals surface area contributed by atoms with Gasteiger partial charge in [-0.1, -0.05) is 28.1 Å². The highest BCUT2D eigenvalue weighted by Gasteiger charge is 2.36. The fraction of sp³-hybridized carbons (Fsp3) is 0.100. The van der Waals surface area contributed by atoms with Crippen LogP contribution in [0.3, 0.4) is 0 Å². The average Bonchev–Trinajstić information content (AvgIpc) is 2.67. The summed E-state index contributed by atoms with van der Waals surface area (Å²) in [5.41, 5.74) is 7.17. The number of phenolic OH excluding ortho intramolecular Hbond substituents is 1. The maximum atomic E-state index is 13.2. The van der Waals surface area contributed by atoms with E-state index in [0.717, 1.165) is 0 Å². The van der Waals surface area contributed by atoms with Crippen molar-refractivity contribution in [2.45, 2.75) is 5.92 Å². The molecule has 134 valence electrons. The second kappa shape index (κ2) is 6.18. The van der Waals surface area contributed by atoms with E-state index >= 15 is 0 Å². The number of nitriles is 1. The lowest BCUT2D eigenvalue weighted by Gasteiger charge is -2.28. The Kier molecular flexibility index (Phi) is 3.93. The number of nitrogens with two attached hydrogens (primary N) is 1. The lowest BCUT2D eigenvalue weighted by atomic mass is 9.83. The standard InChI is InChI=1S/C20H14BrN3O3/c1-24-14-5-3-2-4-11(14)18-17(20(24)26)16(13(9-22)19(23)27-18)12-8-10(21)6-7-15(12)25/h2-8,16,25H,23H2,1H3/t16-/m1/s1. The predicted molar refractivity (Wildman–Crippen MR) is 104 cm³/mol. The summed E-state index contributed by atoms with van der Waals surface area (Å²) in [4.78, 5) is 13.2. The molecule has 6 nitrogen and oxygen atoms in total. The first-order chi connectivity index (χ1) is 12.9. The fourth-order valence-electron chi connectivity index (χ4n) is 3.49. The molecule has 1 aliphatic heterocycles. The van der Waals surface area contributed by atoms with Crippen LogP contribution in [0.25, 0.3) is 10.9 Å². The molecule has 0 radical (unpaired) electrons. The molecule has 0 spiro atoms. The summed E-state index contributed by atoms with van der Waals surface area (Å²) in [5.74, 6) is -0.631. The molecule has 4 rings (SSSR count). The van der Waals surface area contributed by atoms with E-state index in [9.17, 15) is 15.2 Å². The number of aryl methyl sites for hydroxylation is 1. The number of phenols is 1. The van der Waals surface area contributed by atoms with Gasteiger partial charge in [-0.15, -0.1) is 0 Å². The number of aromatic hydroxyl groups is 1. The lowest BCUT2D eigenvalue weighted by Crippen LogP contribution is -2.31. The summed E-state index contributed by atoms with van der Waals surface area (Å²) in [6, 6.07) is 14.2. The van der Waals surface area contributed by atoms with Gasteiger partial charge in [0.15, 0.2) is 0 Å². The molecule has 27 heavy (non-hydrogen) atoms. The molecule has 0 saturated carbocycles. The summed E-state index contributed by atoms with van der Waals surface area (Å²) in [6.07, 6.45) is 0. The van der Waals surface area contributed by atoms with Crippen LogP contribution in [0.1, 0.15) is 17.0 Å². The minimum Gasteiger partial charge on any atom is -0.508 e. The molecule has 1 atom stereocenters. The minimum absolute atomic E-state index is 0.0354. The van der Waals surface area contributed by atoms with Gasteiger partial charge in [-0.2, -0.15) is 5.26 Å². The first kappa shape index (κ1) is 17.2. The summed E-state index contributed by atoms with van der Waals surface area (Å²) in [6.45, 7) is 0. The average molecular weight is 424 g/mol. The van der Waals surface area contributed by atoms with E-state index in [1.807, 2.05) is 30.3 Å². The highest BCUT2D eigenvalue weighted by molar-refractivity contribution is 9.10. The van der Waals surface area contributed by atoms with Gasteiger partial charge in [0.1, 0.15) is 23.1 Å². The van der Waals surface area contributed by atoms with E-state index < -0.39 is 5.92 Å². The van der Waals surface area contributed by atoms with Crippen LogP contribution >= 0.6 is 15.9 Å². The predicted octanol–water partition coefficient (Wildman–Crippen LogP) is 3.22. The lowest BCUT2D eigenvalue weighted by molar-refractivity contribution is 0.393. The minimum atomic E-state index is -0.834. The van der Waals surface area contributed by atoms with Gasteiger partial charge in [-0.05, 0) is 30.3 Å². The number of nitrogens with zero attached hydrogens (tertiary/aromatic N) is 2. The van der Waals surface area contributed by atoms with E-state index in [0.29, 0.717) is 26.7 Å². The van der Waals surface area contributed by atoms with Crippen molar-refractivity contribution in [1.82, 2.24) is 4.57 Å². The second-order valence-corrected chi connectivity index (χ2v) is 7.17. The fourth-order valence-corrected chi connectivity index (χ4v) is 3.87. The smallest absolute Gasteiger partial charge is 0.258 e. The topological polar surface area (TPSA) is 101 Å². The van der Waals surface area contributed by atoms with Crippen molar-refractivity contribution in [2.75, 3.05) is 0 Å². The summed E-state index contributed by atoms with van der Waals surface area (Å²) < 4.78 is 7.95. The van der Waals surface area contributed by atoms with Gasteiger partial charge in [0, 0.05) is 22.5 Å². The normalized spacial score (nSPS) is 16.0. The van der Waals surface area contributed by atoms with Crippen LogP contribution in [0.4, 0.5) is 0 Å². The van der Waals surface area contributed by atoms with Crippen molar-refractivity contribution in [3.8, 4) is 17.6 Å². The molecule has 0 aliphatic carbocycles. The van der Waals surface area contributed by atoms with Gasteiger partial charge in [-0.25, -0.2) is 0 Å². The Morgan fingerprint density at radius 3 is 2.78 bits per heavy atom.